The molecule has 1 N–H and O–H groups in total. The Balaban J connectivity index is 1.48. The molecule has 36 heavy (non-hydrogen) atoms. The molecule has 3 aromatic rings. The average molecular weight is 486 g/mol. The number of carbonyl (C=O) groups is 2. The molecule has 2 aliphatic heterocycles. The smallest absolute Gasteiger partial charge is 0.276 e. The van der Waals surface area contributed by atoms with Gasteiger partial charge < -0.3 is 9.64 Å². The lowest BCUT2D eigenvalue weighted by Crippen LogP contribution is -2.46. The maximum absolute atomic E-state index is 13.3. The van der Waals surface area contributed by atoms with Crippen LogP contribution in [0.15, 0.2) is 60.8 Å². The number of ether oxygens (including phenoxy) is 1. The third-order valence-electron chi connectivity index (χ3n) is 6.78. The molecule has 5 rings (SSSR count). The average Bonchev–Trinajstić information content (AvgIpc) is 3.10. The van der Waals surface area contributed by atoms with Crippen LogP contribution in [-0.2, 0) is 11.2 Å². The van der Waals surface area contributed by atoms with Crippen LogP contribution in [0.4, 0.5) is 11.6 Å². The van der Waals surface area contributed by atoms with Gasteiger partial charge >= 0.3 is 0 Å². The highest BCUT2D eigenvalue weighted by Gasteiger charge is 2.31. The number of hydrogen-bond acceptors (Lipinski definition) is 6. The Morgan fingerprint density at radius 1 is 1.08 bits per heavy atom. The van der Waals surface area contributed by atoms with Gasteiger partial charge in [-0.1, -0.05) is 55.0 Å². The molecule has 3 heterocycles. The van der Waals surface area contributed by atoms with Crippen molar-refractivity contribution in [1.82, 2.24) is 20.4 Å². The second-order valence-electron chi connectivity index (χ2n) is 9.41. The van der Waals surface area contributed by atoms with Crippen LogP contribution < -0.4 is 15.1 Å². The topological polar surface area (TPSA) is 87.7 Å². The number of nitrogens with zero attached hydrogens (tertiary/aromatic N) is 4. The summed E-state index contributed by atoms with van der Waals surface area (Å²) in [5.74, 6) is 0.126. The molecule has 2 atom stereocenters. The molecular weight excluding hydrogens is 454 g/mol. The number of aromatic nitrogens is 2. The quantitative estimate of drug-likeness (QED) is 0.542. The third-order valence-corrected chi connectivity index (χ3v) is 6.78. The molecule has 0 spiro atoms. The van der Waals surface area contributed by atoms with E-state index in [0.717, 1.165) is 36.9 Å². The molecular formula is C28H31N5O3. The monoisotopic (exact) mass is 485 g/mol. The molecule has 1 aromatic heterocycles. The first-order chi connectivity index (χ1) is 17.5. The van der Waals surface area contributed by atoms with Gasteiger partial charge in [-0.05, 0) is 50.3 Å². The Morgan fingerprint density at radius 2 is 1.86 bits per heavy atom. The van der Waals surface area contributed by atoms with E-state index < -0.39 is 5.91 Å². The van der Waals surface area contributed by atoms with Crippen molar-refractivity contribution in [1.29, 1.82) is 0 Å². The maximum atomic E-state index is 13.3. The zero-order valence-corrected chi connectivity index (χ0v) is 20.7. The number of para-hydroxylation sites is 1. The number of nitrogens with one attached hydrogen (secondary N) is 1. The fourth-order valence-electron chi connectivity index (χ4n) is 4.83. The van der Waals surface area contributed by atoms with E-state index in [9.17, 15) is 9.59 Å². The first-order valence-electron chi connectivity index (χ1n) is 12.6. The lowest BCUT2D eigenvalue weighted by atomic mass is 10.1. The third kappa shape index (κ3) is 4.89. The van der Waals surface area contributed by atoms with Crippen molar-refractivity contribution < 1.29 is 14.3 Å². The normalized spacial score (nSPS) is 18.4. The van der Waals surface area contributed by atoms with Gasteiger partial charge in [-0.15, -0.1) is 0 Å². The van der Waals surface area contributed by atoms with Gasteiger partial charge in [0.05, 0.1) is 0 Å². The van der Waals surface area contributed by atoms with Crippen LogP contribution in [0.25, 0.3) is 0 Å². The predicted octanol–water partition coefficient (Wildman–Crippen LogP) is 4.75. The summed E-state index contributed by atoms with van der Waals surface area (Å²) in [4.78, 5) is 37.2. The number of rotatable bonds is 6. The minimum atomic E-state index is -0.457. The predicted molar refractivity (Wildman–Crippen MR) is 137 cm³/mol. The van der Waals surface area contributed by atoms with Crippen molar-refractivity contribution in [3.63, 3.8) is 0 Å². The van der Waals surface area contributed by atoms with Gasteiger partial charge in [-0.2, -0.15) is 4.98 Å². The van der Waals surface area contributed by atoms with Crippen LogP contribution in [-0.4, -0.2) is 39.4 Å². The van der Waals surface area contributed by atoms with E-state index in [1.54, 1.807) is 0 Å². The molecule has 8 heteroatoms. The summed E-state index contributed by atoms with van der Waals surface area (Å²) >= 11 is 0. The molecule has 0 unspecified atom stereocenters. The van der Waals surface area contributed by atoms with Gasteiger partial charge in [0.25, 0.3) is 5.91 Å². The summed E-state index contributed by atoms with van der Waals surface area (Å²) in [6.07, 6.45) is 5.12. The van der Waals surface area contributed by atoms with Crippen LogP contribution in [0.5, 0.6) is 5.88 Å². The van der Waals surface area contributed by atoms with E-state index in [-0.39, 0.29) is 29.5 Å². The zero-order chi connectivity index (χ0) is 25.1. The molecule has 1 saturated heterocycles. The number of benzene rings is 2. The van der Waals surface area contributed by atoms with E-state index in [4.69, 9.17) is 9.72 Å². The summed E-state index contributed by atoms with van der Waals surface area (Å²) in [6, 6.07) is 18.1. The number of carbonyl (C=O) groups excluding carboxylic acids is 2. The van der Waals surface area contributed by atoms with E-state index in [1.165, 1.54) is 16.8 Å². The number of hydrogen-bond donors (Lipinski definition) is 1. The Bertz CT molecular complexity index is 1250. The van der Waals surface area contributed by atoms with Crippen LogP contribution in [0.2, 0.25) is 0 Å². The minimum absolute atomic E-state index is 0.0824. The van der Waals surface area contributed by atoms with Gasteiger partial charge in [0, 0.05) is 30.9 Å². The van der Waals surface area contributed by atoms with Crippen LogP contribution >= 0.6 is 0 Å². The molecule has 0 radical (unpaired) electrons. The molecule has 0 bridgehead atoms. The van der Waals surface area contributed by atoms with E-state index in [1.807, 2.05) is 49.4 Å². The molecule has 0 saturated carbocycles. The fraction of sp³-hybridized carbons (Fsp3) is 0.357. The molecule has 2 aromatic carbocycles. The Hall–Kier alpha value is -3.94. The largest absolute Gasteiger partial charge is 0.469 e. The first kappa shape index (κ1) is 23.8. The Kier molecular flexibility index (Phi) is 6.84. The zero-order valence-electron chi connectivity index (χ0n) is 20.7. The summed E-state index contributed by atoms with van der Waals surface area (Å²) in [5.41, 5.74) is 6.21. The summed E-state index contributed by atoms with van der Waals surface area (Å²) in [5, 5.41) is 1.41. The van der Waals surface area contributed by atoms with Gasteiger partial charge in [0.1, 0.15) is 11.7 Å². The molecule has 186 valence electrons. The molecule has 0 aliphatic carbocycles. The number of amides is 2. The van der Waals surface area contributed by atoms with Gasteiger partial charge in [-0.25, -0.2) is 4.98 Å². The SMILES string of the molecule is C[C@H](Oc1nc(N2c3ccccc3C[C@H]2C)ncc1C(=O)NN1CCCCCC1=O)c1ccccc1. The standard InChI is InChI=1S/C28H31N5O3/c1-19-17-22-13-8-9-14-24(22)33(19)28-29-18-23(26(35)31-32-16-10-4-7-15-25(32)34)27(30-28)36-20(2)21-11-5-3-6-12-21/h3,5-6,8-9,11-14,18-20H,4,7,10,15-17H2,1-2H3,(H,31,35)/t19-,20+/m1/s1. The van der Waals surface area contributed by atoms with E-state index in [2.05, 4.69) is 34.4 Å². The highest BCUT2D eigenvalue weighted by molar-refractivity contribution is 5.97. The number of fused-ring (bicyclic) bond motifs is 1. The van der Waals surface area contributed by atoms with E-state index >= 15 is 0 Å². The van der Waals surface area contributed by atoms with Gasteiger partial charge in [0.15, 0.2) is 0 Å². The molecule has 8 nitrogen and oxygen atoms in total. The molecule has 1 fully saturated rings. The molecule has 2 aliphatic rings. The molecule has 2 amide bonds. The lowest BCUT2D eigenvalue weighted by molar-refractivity contribution is -0.133. The highest BCUT2D eigenvalue weighted by atomic mass is 16.5. The summed E-state index contributed by atoms with van der Waals surface area (Å²) < 4.78 is 6.27. The Labute approximate surface area is 211 Å². The van der Waals surface area contributed by atoms with Crippen molar-refractivity contribution in [2.24, 2.45) is 0 Å². The van der Waals surface area contributed by atoms with Crippen LogP contribution in [0.1, 0.15) is 67.1 Å². The van der Waals surface area contributed by atoms with Crippen molar-refractivity contribution in [3.8, 4) is 5.88 Å². The first-order valence-corrected chi connectivity index (χ1v) is 12.6. The number of anilines is 2. The van der Waals surface area contributed by atoms with Crippen LogP contribution in [0.3, 0.4) is 0 Å². The van der Waals surface area contributed by atoms with Crippen molar-refractivity contribution in [3.05, 3.63) is 77.5 Å². The van der Waals surface area contributed by atoms with Crippen molar-refractivity contribution in [2.45, 2.75) is 58.1 Å². The summed E-state index contributed by atoms with van der Waals surface area (Å²) in [6.45, 7) is 4.54. The van der Waals surface area contributed by atoms with Gasteiger partial charge in [-0.3, -0.25) is 20.0 Å². The fourth-order valence-corrected chi connectivity index (χ4v) is 4.83. The second kappa shape index (κ2) is 10.4. The summed E-state index contributed by atoms with van der Waals surface area (Å²) in [7, 11) is 0. The van der Waals surface area contributed by atoms with Crippen molar-refractivity contribution >= 4 is 23.5 Å². The minimum Gasteiger partial charge on any atom is -0.469 e. The van der Waals surface area contributed by atoms with Crippen molar-refractivity contribution in [2.75, 3.05) is 11.4 Å². The van der Waals surface area contributed by atoms with Crippen LogP contribution in [0, 0.1) is 0 Å². The number of hydrazine groups is 1. The lowest BCUT2D eigenvalue weighted by Gasteiger charge is -2.25. The van der Waals surface area contributed by atoms with Gasteiger partial charge in [0.2, 0.25) is 17.7 Å². The highest BCUT2D eigenvalue weighted by Crippen LogP contribution is 2.37. The second-order valence-corrected chi connectivity index (χ2v) is 9.41. The Morgan fingerprint density at radius 3 is 2.69 bits per heavy atom. The maximum Gasteiger partial charge on any atom is 0.276 e. The van der Waals surface area contributed by atoms with E-state index in [0.29, 0.717) is 18.9 Å².